The first-order valence-electron chi connectivity index (χ1n) is 5.26. The van der Waals surface area contributed by atoms with Crippen molar-refractivity contribution in [3.05, 3.63) is 47.0 Å². The summed E-state index contributed by atoms with van der Waals surface area (Å²) in [5.74, 6) is 0. The lowest BCUT2D eigenvalue weighted by Gasteiger charge is -1.91. The van der Waals surface area contributed by atoms with E-state index in [9.17, 15) is 0 Å². The van der Waals surface area contributed by atoms with Gasteiger partial charge in [0, 0.05) is 10.8 Å². The normalized spacial score (nSPS) is 13.4. The Labute approximate surface area is 87.3 Å². The molecule has 0 bridgehead atoms. The number of fused-ring (bicyclic) bond motifs is 5. The highest BCUT2D eigenvalue weighted by Crippen LogP contribution is 2.41. The summed E-state index contributed by atoms with van der Waals surface area (Å²) in [5.41, 5.74) is 6.30. The largest absolute Gasteiger partial charge is 0.456 e. The molecule has 15 heavy (non-hydrogen) atoms. The SMILES string of the molecule is Cc1ccc2oc3ccc4c(c3c2c1)C4. The zero-order chi connectivity index (χ0) is 9.99. The molecular formula is C14H10O. The molecule has 0 spiro atoms. The topological polar surface area (TPSA) is 13.1 Å². The van der Waals surface area contributed by atoms with Crippen molar-refractivity contribution in [2.24, 2.45) is 0 Å². The maximum atomic E-state index is 5.82. The molecule has 0 fully saturated rings. The molecule has 1 aliphatic carbocycles. The van der Waals surface area contributed by atoms with E-state index in [0.29, 0.717) is 0 Å². The first-order chi connectivity index (χ1) is 7.33. The summed E-state index contributed by atoms with van der Waals surface area (Å²) < 4.78 is 5.82. The standard InChI is InChI=1S/C14H10O/c1-8-2-4-12-11(6-8)14-10-7-9(10)3-5-13(14)15-12/h2-6H,7H2,1H3. The van der Waals surface area contributed by atoms with Crippen molar-refractivity contribution >= 4 is 21.9 Å². The third-order valence-corrected chi connectivity index (χ3v) is 3.24. The van der Waals surface area contributed by atoms with Crippen molar-refractivity contribution in [3.63, 3.8) is 0 Å². The highest BCUT2D eigenvalue weighted by atomic mass is 16.3. The van der Waals surface area contributed by atoms with Crippen molar-refractivity contribution in [1.82, 2.24) is 0 Å². The molecule has 0 N–H and O–H groups in total. The molecule has 0 unspecified atom stereocenters. The molecule has 0 saturated carbocycles. The van der Waals surface area contributed by atoms with Crippen LogP contribution in [0.4, 0.5) is 0 Å². The van der Waals surface area contributed by atoms with Gasteiger partial charge >= 0.3 is 0 Å². The van der Waals surface area contributed by atoms with Gasteiger partial charge in [-0.05, 0) is 42.7 Å². The number of rotatable bonds is 0. The Bertz CT molecular complexity index is 704. The Kier molecular flexibility index (Phi) is 1.13. The molecule has 1 nitrogen and oxygen atoms in total. The summed E-state index contributed by atoms with van der Waals surface area (Å²) in [6.45, 7) is 2.12. The van der Waals surface area contributed by atoms with Crippen molar-refractivity contribution in [3.8, 4) is 0 Å². The van der Waals surface area contributed by atoms with Gasteiger partial charge in [0.1, 0.15) is 11.2 Å². The fraction of sp³-hybridized carbons (Fsp3) is 0.143. The lowest BCUT2D eigenvalue weighted by molar-refractivity contribution is 0.669. The second kappa shape index (κ2) is 2.25. The van der Waals surface area contributed by atoms with E-state index in [0.717, 1.165) is 17.6 Å². The van der Waals surface area contributed by atoms with Crippen LogP contribution < -0.4 is 0 Å². The summed E-state index contributed by atoms with van der Waals surface area (Å²) in [5, 5.41) is 2.62. The van der Waals surface area contributed by atoms with E-state index in [1.807, 2.05) is 0 Å². The number of hydrogen-bond acceptors (Lipinski definition) is 1. The van der Waals surface area contributed by atoms with Gasteiger partial charge in [-0.1, -0.05) is 17.7 Å². The zero-order valence-corrected chi connectivity index (χ0v) is 8.50. The fourth-order valence-electron chi connectivity index (χ4n) is 2.39. The maximum Gasteiger partial charge on any atom is 0.135 e. The average Bonchev–Trinajstić information content (AvgIpc) is 2.93. The molecule has 0 amide bonds. The number of furan rings is 1. The second-order valence-electron chi connectivity index (χ2n) is 4.35. The van der Waals surface area contributed by atoms with Crippen LogP contribution in [0.2, 0.25) is 0 Å². The summed E-state index contributed by atoms with van der Waals surface area (Å²) in [6, 6.07) is 10.7. The van der Waals surface area contributed by atoms with Crippen molar-refractivity contribution in [2.75, 3.05) is 0 Å². The molecule has 1 aliphatic rings. The highest BCUT2D eigenvalue weighted by Gasteiger charge is 2.23. The van der Waals surface area contributed by atoms with Crippen LogP contribution in [0.5, 0.6) is 0 Å². The second-order valence-corrected chi connectivity index (χ2v) is 4.35. The van der Waals surface area contributed by atoms with Gasteiger partial charge in [-0.2, -0.15) is 0 Å². The van der Waals surface area contributed by atoms with E-state index in [-0.39, 0.29) is 0 Å². The van der Waals surface area contributed by atoms with Crippen LogP contribution in [-0.2, 0) is 6.42 Å². The summed E-state index contributed by atoms with van der Waals surface area (Å²) in [6.07, 6.45) is 1.14. The van der Waals surface area contributed by atoms with Crippen LogP contribution in [-0.4, -0.2) is 0 Å². The molecule has 4 rings (SSSR count). The third kappa shape index (κ3) is 0.878. The van der Waals surface area contributed by atoms with Crippen LogP contribution in [0.15, 0.2) is 34.7 Å². The minimum absolute atomic E-state index is 1.01. The average molecular weight is 194 g/mol. The molecule has 1 heteroatoms. The summed E-state index contributed by atoms with van der Waals surface area (Å²) in [4.78, 5) is 0. The van der Waals surface area contributed by atoms with Crippen molar-refractivity contribution in [2.45, 2.75) is 13.3 Å². The van der Waals surface area contributed by atoms with E-state index >= 15 is 0 Å². The predicted octanol–water partition coefficient (Wildman–Crippen LogP) is 3.80. The Morgan fingerprint density at radius 3 is 2.87 bits per heavy atom. The summed E-state index contributed by atoms with van der Waals surface area (Å²) >= 11 is 0. The molecule has 2 aromatic carbocycles. The molecule has 1 aromatic heterocycles. The van der Waals surface area contributed by atoms with Gasteiger partial charge in [0.05, 0.1) is 0 Å². The third-order valence-electron chi connectivity index (χ3n) is 3.24. The Hall–Kier alpha value is -1.76. The molecule has 0 saturated heterocycles. The van der Waals surface area contributed by atoms with Gasteiger partial charge in [-0.25, -0.2) is 0 Å². The van der Waals surface area contributed by atoms with E-state index in [1.54, 1.807) is 0 Å². The Morgan fingerprint density at radius 2 is 1.93 bits per heavy atom. The number of benzene rings is 2. The molecule has 0 aliphatic heterocycles. The summed E-state index contributed by atoms with van der Waals surface area (Å²) in [7, 11) is 0. The Morgan fingerprint density at radius 1 is 1.07 bits per heavy atom. The molecule has 0 atom stereocenters. The van der Waals surface area contributed by atoms with Crippen LogP contribution >= 0.6 is 0 Å². The Balaban J connectivity index is 2.32. The quantitative estimate of drug-likeness (QED) is 0.415. The number of aryl methyl sites for hydroxylation is 1. The van der Waals surface area contributed by atoms with E-state index in [2.05, 4.69) is 37.3 Å². The van der Waals surface area contributed by atoms with Crippen LogP contribution in [0.3, 0.4) is 0 Å². The first-order valence-corrected chi connectivity index (χ1v) is 5.26. The van der Waals surface area contributed by atoms with Crippen LogP contribution in [0.1, 0.15) is 16.7 Å². The molecule has 0 radical (unpaired) electrons. The predicted molar refractivity (Wildman–Crippen MR) is 61.3 cm³/mol. The maximum absolute atomic E-state index is 5.82. The lowest BCUT2D eigenvalue weighted by atomic mass is 10.1. The van der Waals surface area contributed by atoms with E-state index < -0.39 is 0 Å². The lowest BCUT2D eigenvalue weighted by Crippen LogP contribution is -1.70. The van der Waals surface area contributed by atoms with E-state index in [4.69, 9.17) is 4.42 Å². The van der Waals surface area contributed by atoms with Crippen LogP contribution in [0.25, 0.3) is 21.9 Å². The minimum atomic E-state index is 1.01. The van der Waals surface area contributed by atoms with Gasteiger partial charge in [0.2, 0.25) is 0 Å². The van der Waals surface area contributed by atoms with Gasteiger partial charge in [-0.3, -0.25) is 0 Å². The molecule has 3 aromatic rings. The smallest absolute Gasteiger partial charge is 0.135 e. The first kappa shape index (κ1) is 7.52. The molecular weight excluding hydrogens is 184 g/mol. The van der Waals surface area contributed by atoms with Crippen LogP contribution in [0, 0.1) is 6.92 Å². The van der Waals surface area contributed by atoms with Gasteiger partial charge < -0.3 is 4.42 Å². The highest BCUT2D eigenvalue weighted by molar-refractivity contribution is 6.09. The van der Waals surface area contributed by atoms with Gasteiger partial charge in [-0.15, -0.1) is 0 Å². The molecule has 72 valence electrons. The minimum Gasteiger partial charge on any atom is -0.456 e. The van der Waals surface area contributed by atoms with Crippen molar-refractivity contribution < 1.29 is 4.42 Å². The zero-order valence-electron chi connectivity index (χ0n) is 8.50. The fourth-order valence-corrected chi connectivity index (χ4v) is 2.39. The number of hydrogen-bond donors (Lipinski definition) is 0. The van der Waals surface area contributed by atoms with E-state index in [1.165, 1.54) is 27.5 Å². The van der Waals surface area contributed by atoms with Crippen molar-refractivity contribution in [1.29, 1.82) is 0 Å². The van der Waals surface area contributed by atoms with Gasteiger partial charge in [0.25, 0.3) is 0 Å². The monoisotopic (exact) mass is 194 g/mol. The molecule has 1 heterocycles. The van der Waals surface area contributed by atoms with Gasteiger partial charge in [0.15, 0.2) is 0 Å².